The molecule has 1 atom stereocenters. The summed E-state index contributed by atoms with van der Waals surface area (Å²) in [5, 5.41) is 13.4. The van der Waals surface area contributed by atoms with E-state index in [1.807, 2.05) is 35.9 Å². The fourth-order valence-electron chi connectivity index (χ4n) is 2.74. The number of nitrogens with one attached hydrogen (secondary N) is 1. The summed E-state index contributed by atoms with van der Waals surface area (Å²) in [6.07, 6.45) is 2.79. The molecule has 4 heteroatoms. The zero-order valence-corrected chi connectivity index (χ0v) is 13.0. The highest BCUT2D eigenvalue weighted by Crippen LogP contribution is 2.20. The zero-order chi connectivity index (χ0) is 15.4. The van der Waals surface area contributed by atoms with Gasteiger partial charge in [-0.1, -0.05) is 32.0 Å². The number of aryl methyl sites for hydroxylation is 1. The van der Waals surface area contributed by atoms with E-state index in [4.69, 9.17) is 0 Å². The van der Waals surface area contributed by atoms with Gasteiger partial charge in [0.15, 0.2) is 0 Å². The number of aromatic nitrogens is 1. The van der Waals surface area contributed by atoms with E-state index in [0.29, 0.717) is 5.92 Å². The molecule has 1 aromatic heterocycles. The average molecular weight is 288 g/mol. The number of carbonyl (C=O) groups is 1. The van der Waals surface area contributed by atoms with Gasteiger partial charge in [-0.3, -0.25) is 4.79 Å². The first-order valence-electron chi connectivity index (χ1n) is 7.46. The minimum atomic E-state index is -0.166. The molecule has 4 nitrogen and oxygen atoms in total. The van der Waals surface area contributed by atoms with Gasteiger partial charge in [-0.15, -0.1) is 0 Å². The van der Waals surface area contributed by atoms with Crippen LogP contribution in [-0.4, -0.2) is 28.2 Å². The molecule has 0 bridgehead atoms. The lowest BCUT2D eigenvalue weighted by Crippen LogP contribution is -2.40. The molecule has 2 rings (SSSR count). The topological polar surface area (TPSA) is 54.3 Å². The average Bonchev–Trinajstić information content (AvgIpc) is 2.74. The number of rotatable bonds is 6. The van der Waals surface area contributed by atoms with E-state index in [1.54, 1.807) is 0 Å². The summed E-state index contributed by atoms with van der Waals surface area (Å²) >= 11 is 0. The van der Waals surface area contributed by atoms with Crippen LogP contribution < -0.4 is 5.32 Å². The van der Waals surface area contributed by atoms with Crippen LogP contribution in [0.1, 0.15) is 25.8 Å². The summed E-state index contributed by atoms with van der Waals surface area (Å²) < 4.78 is 1.96. The number of nitrogens with zero attached hydrogens (tertiary/aromatic N) is 1. The van der Waals surface area contributed by atoms with Crippen molar-refractivity contribution in [2.45, 2.75) is 39.8 Å². The van der Waals surface area contributed by atoms with Gasteiger partial charge >= 0.3 is 0 Å². The van der Waals surface area contributed by atoms with E-state index in [9.17, 15) is 9.90 Å². The van der Waals surface area contributed by atoms with Crippen molar-refractivity contribution < 1.29 is 9.90 Å². The summed E-state index contributed by atoms with van der Waals surface area (Å²) in [4.78, 5) is 12.2. The standard InChI is InChI=1S/C17H24N2O2/c1-12(2)8-14(11-20)18-17(21)10-19-9-13(3)15-6-4-5-7-16(15)19/h4-7,9,12,14,20H,8,10-11H2,1-3H3,(H,18,21). The maximum Gasteiger partial charge on any atom is 0.240 e. The number of amides is 1. The van der Waals surface area contributed by atoms with Crippen molar-refractivity contribution in [3.8, 4) is 0 Å². The van der Waals surface area contributed by atoms with Crippen molar-refractivity contribution in [1.29, 1.82) is 0 Å². The first-order valence-corrected chi connectivity index (χ1v) is 7.46. The lowest BCUT2D eigenvalue weighted by atomic mass is 10.0. The third kappa shape index (κ3) is 3.85. The van der Waals surface area contributed by atoms with Gasteiger partial charge in [0.05, 0.1) is 12.6 Å². The highest BCUT2D eigenvalue weighted by molar-refractivity contribution is 5.86. The molecule has 0 saturated heterocycles. The van der Waals surface area contributed by atoms with Crippen LogP contribution in [0.15, 0.2) is 30.5 Å². The molecular formula is C17H24N2O2. The highest BCUT2D eigenvalue weighted by atomic mass is 16.3. The van der Waals surface area contributed by atoms with Crippen molar-refractivity contribution >= 4 is 16.8 Å². The van der Waals surface area contributed by atoms with Gasteiger partial charge in [0.1, 0.15) is 6.54 Å². The van der Waals surface area contributed by atoms with Crippen LogP contribution >= 0.6 is 0 Å². The Kier molecular flexibility index (Phi) is 5.02. The van der Waals surface area contributed by atoms with Crippen molar-refractivity contribution in [1.82, 2.24) is 9.88 Å². The lowest BCUT2D eigenvalue weighted by Gasteiger charge is -2.18. The van der Waals surface area contributed by atoms with Crippen LogP contribution in [0, 0.1) is 12.8 Å². The third-order valence-electron chi connectivity index (χ3n) is 3.64. The maximum atomic E-state index is 12.2. The molecule has 114 valence electrons. The Bertz CT molecular complexity index is 616. The normalized spacial score (nSPS) is 12.8. The molecule has 2 N–H and O–H groups in total. The Labute approximate surface area is 125 Å². The van der Waals surface area contributed by atoms with Gasteiger partial charge < -0.3 is 15.0 Å². The molecule has 0 aliphatic carbocycles. The van der Waals surface area contributed by atoms with E-state index in [2.05, 4.69) is 25.2 Å². The minimum absolute atomic E-state index is 0.0185. The zero-order valence-electron chi connectivity index (χ0n) is 13.0. The van der Waals surface area contributed by atoms with E-state index in [1.165, 1.54) is 10.9 Å². The van der Waals surface area contributed by atoms with Crippen LogP contribution in [0.3, 0.4) is 0 Å². The van der Waals surface area contributed by atoms with Crippen LogP contribution in [0.2, 0.25) is 0 Å². The molecule has 1 unspecified atom stereocenters. The number of aliphatic hydroxyl groups excluding tert-OH is 1. The van der Waals surface area contributed by atoms with Gasteiger partial charge in [-0.05, 0) is 30.9 Å². The molecule has 0 saturated carbocycles. The molecule has 0 radical (unpaired) electrons. The third-order valence-corrected chi connectivity index (χ3v) is 3.64. The van der Waals surface area contributed by atoms with E-state index >= 15 is 0 Å². The second kappa shape index (κ2) is 6.76. The van der Waals surface area contributed by atoms with Gasteiger partial charge in [0.2, 0.25) is 5.91 Å². The van der Waals surface area contributed by atoms with E-state index in [-0.39, 0.29) is 25.1 Å². The van der Waals surface area contributed by atoms with Crippen molar-refractivity contribution in [3.05, 3.63) is 36.0 Å². The number of aliphatic hydroxyl groups is 1. The Hall–Kier alpha value is -1.81. The Morgan fingerprint density at radius 2 is 2.05 bits per heavy atom. The molecule has 0 aliphatic rings. The van der Waals surface area contributed by atoms with Gasteiger partial charge in [0.25, 0.3) is 0 Å². The second-order valence-electron chi connectivity index (χ2n) is 6.03. The van der Waals surface area contributed by atoms with Crippen molar-refractivity contribution in [2.24, 2.45) is 5.92 Å². The maximum absolute atomic E-state index is 12.2. The number of benzene rings is 1. The largest absolute Gasteiger partial charge is 0.394 e. The Morgan fingerprint density at radius 1 is 1.33 bits per heavy atom. The summed E-state index contributed by atoms with van der Waals surface area (Å²) in [5.41, 5.74) is 2.23. The highest BCUT2D eigenvalue weighted by Gasteiger charge is 2.14. The summed E-state index contributed by atoms with van der Waals surface area (Å²) in [6, 6.07) is 7.90. The molecule has 21 heavy (non-hydrogen) atoms. The summed E-state index contributed by atoms with van der Waals surface area (Å²) in [6.45, 7) is 6.47. The number of fused-ring (bicyclic) bond motifs is 1. The molecule has 1 aromatic carbocycles. The van der Waals surface area contributed by atoms with Crippen LogP contribution in [0.5, 0.6) is 0 Å². The molecule has 1 amide bonds. The number of hydrogen-bond donors (Lipinski definition) is 2. The van der Waals surface area contributed by atoms with Gasteiger partial charge in [-0.25, -0.2) is 0 Å². The number of hydrogen-bond acceptors (Lipinski definition) is 2. The number of para-hydroxylation sites is 1. The molecule has 0 fully saturated rings. The summed E-state index contributed by atoms with van der Waals surface area (Å²) in [5.74, 6) is 0.382. The van der Waals surface area contributed by atoms with Crippen molar-refractivity contribution in [3.63, 3.8) is 0 Å². The molecule has 0 spiro atoms. The SMILES string of the molecule is Cc1cn(CC(=O)NC(CO)CC(C)C)c2ccccc12. The van der Waals surface area contributed by atoms with E-state index < -0.39 is 0 Å². The van der Waals surface area contributed by atoms with E-state index in [0.717, 1.165) is 11.9 Å². The van der Waals surface area contributed by atoms with Crippen molar-refractivity contribution in [2.75, 3.05) is 6.61 Å². The molecule has 0 aliphatic heterocycles. The van der Waals surface area contributed by atoms with Crippen LogP contribution in [0.25, 0.3) is 10.9 Å². The first-order chi connectivity index (χ1) is 10.0. The fraction of sp³-hybridized carbons (Fsp3) is 0.471. The second-order valence-corrected chi connectivity index (χ2v) is 6.03. The fourth-order valence-corrected chi connectivity index (χ4v) is 2.74. The Balaban J connectivity index is 2.08. The first kappa shape index (κ1) is 15.6. The van der Waals surface area contributed by atoms with Crippen LogP contribution in [-0.2, 0) is 11.3 Å². The molecule has 1 heterocycles. The molecular weight excluding hydrogens is 264 g/mol. The van der Waals surface area contributed by atoms with Crippen LogP contribution in [0.4, 0.5) is 0 Å². The van der Waals surface area contributed by atoms with Gasteiger partial charge in [-0.2, -0.15) is 0 Å². The quantitative estimate of drug-likeness (QED) is 0.858. The predicted octanol–water partition coefficient (Wildman–Crippen LogP) is 2.47. The smallest absolute Gasteiger partial charge is 0.240 e. The van der Waals surface area contributed by atoms with Gasteiger partial charge in [0, 0.05) is 17.1 Å². The number of carbonyl (C=O) groups excluding carboxylic acids is 1. The lowest BCUT2D eigenvalue weighted by molar-refractivity contribution is -0.122. The Morgan fingerprint density at radius 3 is 2.71 bits per heavy atom. The summed E-state index contributed by atoms with van der Waals surface area (Å²) in [7, 11) is 0. The minimum Gasteiger partial charge on any atom is -0.394 e. The predicted molar refractivity (Wildman–Crippen MR) is 85.1 cm³/mol. The molecule has 2 aromatic rings. The monoisotopic (exact) mass is 288 g/mol.